The van der Waals surface area contributed by atoms with Gasteiger partial charge < -0.3 is 0 Å². The van der Waals surface area contributed by atoms with Crippen LogP contribution in [0.4, 0.5) is 0 Å². The standard InChI is InChI=1S/C39H72N2/c1-4-6-11-32-17-23-36(24-18-32)40(34-13-9-8-10-14-34)38-27-29-39(30-28-38)41(35-21-15-31(3)16-22-35)37-25-19-33(20-26-37)12-7-5-2/h31-39H,4-30H2,1-3H3. The maximum atomic E-state index is 3.24. The van der Waals surface area contributed by atoms with E-state index in [1.54, 1.807) is 0 Å². The minimum atomic E-state index is 0.889. The van der Waals surface area contributed by atoms with Crippen LogP contribution in [0.5, 0.6) is 0 Å². The van der Waals surface area contributed by atoms with E-state index < -0.39 is 0 Å². The molecule has 0 atom stereocenters. The molecule has 5 aliphatic carbocycles. The monoisotopic (exact) mass is 569 g/mol. The number of hydrogen-bond acceptors (Lipinski definition) is 2. The lowest BCUT2D eigenvalue weighted by Crippen LogP contribution is -2.56. The molecular formula is C39H72N2. The van der Waals surface area contributed by atoms with Gasteiger partial charge in [-0.25, -0.2) is 0 Å². The zero-order valence-electron chi connectivity index (χ0n) is 28.2. The number of nitrogens with zero attached hydrogens (tertiary/aromatic N) is 2. The van der Waals surface area contributed by atoms with Gasteiger partial charge in [0, 0.05) is 36.3 Å². The van der Waals surface area contributed by atoms with E-state index in [2.05, 4.69) is 30.6 Å². The van der Waals surface area contributed by atoms with Crippen LogP contribution in [-0.4, -0.2) is 46.1 Å². The molecule has 5 saturated carbocycles. The van der Waals surface area contributed by atoms with Crippen molar-refractivity contribution in [1.29, 1.82) is 0 Å². The Morgan fingerprint density at radius 3 is 1.07 bits per heavy atom. The van der Waals surface area contributed by atoms with Gasteiger partial charge in [0.05, 0.1) is 0 Å². The molecule has 0 aromatic carbocycles. The second kappa shape index (κ2) is 16.8. The Morgan fingerprint density at radius 2 is 0.707 bits per heavy atom. The molecule has 238 valence electrons. The van der Waals surface area contributed by atoms with Crippen molar-refractivity contribution in [3.63, 3.8) is 0 Å². The average molecular weight is 569 g/mol. The van der Waals surface area contributed by atoms with E-state index in [0.29, 0.717) is 0 Å². The third kappa shape index (κ3) is 8.99. The second-order valence-electron chi connectivity index (χ2n) is 16.2. The van der Waals surface area contributed by atoms with E-state index in [4.69, 9.17) is 0 Å². The van der Waals surface area contributed by atoms with Crippen LogP contribution in [0.15, 0.2) is 0 Å². The van der Waals surface area contributed by atoms with Crippen LogP contribution in [-0.2, 0) is 0 Å². The molecule has 5 rings (SSSR count). The summed E-state index contributed by atoms with van der Waals surface area (Å²) in [5, 5.41) is 0. The summed E-state index contributed by atoms with van der Waals surface area (Å²) in [7, 11) is 0. The molecule has 0 aromatic heterocycles. The van der Waals surface area contributed by atoms with Crippen molar-refractivity contribution in [2.45, 2.75) is 230 Å². The molecule has 5 aliphatic rings. The van der Waals surface area contributed by atoms with Crippen LogP contribution in [0.3, 0.4) is 0 Å². The Balaban J connectivity index is 1.21. The predicted molar refractivity (Wildman–Crippen MR) is 179 cm³/mol. The van der Waals surface area contributed by atoms with Crippen molar-refractivity contribution in [3.05, 3.63) is 0 Å². The summed E-state index contributed by atoms with van der Waals surface area (Å²) in [5.74, 6) is 3.05. The molecule has 0 spiro atoms. The van der Waals surface area contributed by atoms with E-state index in [9.17, 15) is 0 Å². The summed E-state index contributed by atoms with van der Waals surface area (Å²) in [6.45, 7) is 7.27. The van der Waals surface area contributed by atoms with E-state index in [1.165, 1.54) is 173 Å². The van der Waals surface area contributed by atoms with Gasteiger partial charge in [0.15, 0.2) is 0 Å². The molecular weight excluding hydrogens is 496 g/mol. The lowest BCUT2D eigenvalue weighted by molar-refractivity contribution is -0.0250. The molecule has 0 aliphatic heterocycles. The molecule has 0 aromatic rings. The number of rotatable bonds is 12. The van der Waals surface area contributed by atoms with Gasteiger partial charge in [-0.05, 0) is 133 Å². The van der Waals surface area contributed by atoms with E-state index in [1.807, 2.05) is 0 Å². The van der Waals surface area contributed by atoms with E-state index in [0.717, 1.165) is 54.0 Å². The van der Waals surface area contributed by atoms with Gasteiger partial charge in [0.2, 0.25) is 0 Å². The average Bonchev–Trinajstić information content (AvgIpc) is 3.03. The van der Waals surface area contributed by atoms with Gasteiger partial charge in [-0.1, -0.05) is 78.6 Å². The van der Waals surface area contributed by atoms with Crippen LogP contribution in [0.25, 0.3) is 0 Å². The predicted octanol–water partition coefficient (Wildman–Crippen LogP) is 11.3. The molecule has 5 fully saturated rings. The van der Waals surface area contributed by atoms with Crippen LogP contribution in [0.2, 0.25) is 0 Å². The normalized spacial score (nSPS) is 38.0. The SMILES string of the molecule is CCCCC1CCC(N(C2CCCCC2)C2CCC(N(C3CCC(C)CC3)C3CCC(CCCC)CC3)CC2)CC1. The van der Waals surface area contributed by atoms with Gasteiger partial charge in [0.25, 0.3) is 0 Å². The molecule has 2 heteroatoms. The van der Waals surface area contributed by atoms with Gasteiger partial charge in [-0.2, -0.15) is 0 Å². The smallest absolute Gasteiger partial charge is 0.0102 e. The Bertz CT molecular complexity index is 682. The maximum absolute atomic E-state index is 3.24. The highest BCUT2D eigenvalue weighted by atomic mass is 15.2. The van der Waals surface area contributed by atoms with Crippen LogP contribution < -0.4 is 0 Å². The van der Waals surface area contributed by atoms with Crippen LogP contribution in [0.1, 0.15) is 194 Å². The Hall–Kier alpha value is -0.0800. The minimum absolute atomic E-state index is 0.889. The van der Waals surface area contributed by atoms with E-state index in [-0.39, 0.29) is 0 Å². The van der Waals surface area contributed by atoms with Crippen molar-refractivity contribution >= 4 is 0 Å². The summed E-state index contributed by atoms with van der Waals surface area (Å²) in [4.78, 5) is 6.47. The van der Waals surface area contributed by atoms with Crippen LogP contribution in [0, 0.1) is 17.8 Å². The molecule has 2 nitrogen and oxygen atoms in total. The first-order valence-corrected chi connectivity index (χ1v) is 19.7. The molecule has 0 saturated heterocycles. The highest BCUT2D eigenvalue weighted by Crippen LogP contribution is 2.42. The number of unbranched alkanes of at least 4 members (excludes halogenated alkanes) is 2. The molecule has 0 unspecified atom stereocenters. The fourth-order valence-electron chi connectivity index (χ4n) is 10.8. The third-order valence-corrected chi connectivity index (χ3v) is 13.3. The topological polar surface area (TPSA) is 6.48 Å². The summed E-state index contributed by atoms with van der Waals surface area (Å²) in [6.07, 6.45) is 40.3. The lowest BCUT2D eigenvalue weighted by atomic mass is 9.77. The van der Waals surface area contributed by atoms with Gasteiger partial charge in [-0.3, -0.25) is 9.80 Å². The molecule has 41 heavy (non-hydrogen) atoms. The molecule has 0 amide bonds. The van der Waals surface area contributed by atoms with Gasteiger partial charge in [0.1, 0.15) is 0 Å². The molecule has 0 N–H and O–H groups in total. The molecule has 0 radical (unpaired) electrons. The van der Waals surface area contributed by atoms with Crippen molar-refractivity contribution < 1.29 is 0 Å². The fourth-order valence-corrected chi connectivity index (χ4v) is 10.8. The number of hydrogen-bond donors (Lipinski definition) is 0. The fraction of sp³-hybridized carbons (Fsp3) is 1.00. The summed E-state index contributed by atoms with van der Waals surface area (Å²) in [6, 6.07) is 5.41. The zero-order valence-corrected chi connectivity index (χ0v) is 28.2. The Kier molecular flexibility index (Phi) is 13.3. The lowest BCUT2D eigenvalue weighted by Gasteiger charge is -2.52. The van der Waals surface area contributed by atoms with Crippen molar-refractivity contribution in [2.75, 3.05) is 0 Å². The van der Waals surface area contributed by atoms with E-state index >= 15 is 0 Å². The Morgan fingerprint density at radius 1 is 0.390 bits per heavy atom. The van der Waals surface area contributed by atoms with Crippen molar-refractivity contribution in [2.24, 2.45) is 17.8 Å². The van der Waals surface area contributed by atoms with Gasteiger partial charge >= 0.3 is 0 Å². The Labute approximate surface area is 257 Å². The first-order valence-electron chi connectivity index (χ1n) is 19.7. The minimum Gasteiger partial charge on any atom is -0.294 e. The maximum Gasteiger partial charge on any atom is 0.0102 e. The van der Waals surface area contributed by atoms with Crippen molar-refractivity contribution in [1.82, 2.24) is 9.80 Å². The van der Waals surface area contributed by atoms with Crippen LogP contribution >= 0.6 is 0 Å². The highest BCUT2D eigenvalue weighted by Gasteiger charge is 2.41. The highest BCUT2D eigenvalue weighted by molar-refractivity contribution is 4.96. The summed E-state index contributed by atoms with van der Waals surface area (Å²) < 4.78 is 0. The first kappa shape index (κ1) is 32.3. The second-order valence-corrected chi connectivity index (χ2v) is 16.2. The largest absolute Gasteiger partial charge is 0.294 e. The first-order chi connectivity index (χ1) is 20.2. The van der Waals surface area contributed by atoms with Gasteiger partial charge in [-0.15, -0.1) is 0 Å². The molecule has 0 heterocycles. The zero-order chi connectivity index (χ0) is 28.4. The summed E-state index contributed by atoms with van der Waals surface area (Å²) in [5.41, 5.74) is 0. The van der Waals surface area contributed by atoms with Crippen molar-refractivity contribution in [3.8, 4) is 0 Å². The third-order valence-electron chi connectivity index (χ3n) is 13.3. The summed E-state index contributed by atoms with van der Waals surface area (Å²) >= 11 is 0. The molecule has 0 bridgehead atoms. The quantitative estimate of drug-likeness (QED) is 0.231.